The topological polar surface area (TPSA) is 46.6 Å². The first-order valence-electron chi connectivity index (χ1n) is 4.88. The van der Waals surface area contributed by atoms with E-state index in [1.54, 1.807) is 4.90 Å². The molecule has 1 aliphatic heterocycles. The third-order valence-electron chi connectivity index (χ3n) is 1.97. The second-order valence-corrected chi connectivity index (χ2v) is 4.51. The van der Waals surface area contributed by atoms with Gasteiger partial charge in [0.05, 0.1) is 0 Å². The molecule has 1 aliphatic rings. The third-order valence-corrected chi connectivity index (χ3v) is 1.97. The number of hydrogen-bond donors (Lipinski definition) is 0. The summed E-state index contributed by atoms with van der Waals surface area (Å²) in [6.45, 7) is 6.49. The number of carbonyl (C=O) groups is 2. The zero-order chi connectivity index (χ0) is 10.8. The Bertz CT molecular complexity index is 233. The van der Waals surface area contributed by atoms with Crippen LogP contribution in [-0.4, -0.2) is 35.5 Å². The molecule has 0 saturated carbocycles. The van der Waals surface area contributed by atoms with Crippen molar-refractivity contribution in [2.45, 2.75) is 46.6 Å². The molecule has 0 aromatic heterocycles. The highest BCUT2D eigenvalue weighted by molar-refractivity contribution is 5.81. The Kier molecular flexibility index (Phi) is 4.78. The molecular weight excluding hydrogens is 194 g/mol. The van der Waals surface area contributed by atoms with Crippen molar-refractivity contribution in [3.05, 3.63) is 0 Å². The lowest BCUT2D eigenvalue weighted by Gasteiger charge is -2.29. The Morgan fingerprint density at radius 3 is 2.13 bits per heavy atom. The van der Waals surface area contributed by atoms with E-state index in [1.165, 1.54) is 0 Å². The maximum absolute atomic E-state index is 11.5. The van der Waals surface area contributed by atoms with Gasteiger partial charge < -0.3 is 9.64 Å². The van der Waals surface area contributed by atoms with Crippen LogP contribution in [0.1, 0.15) is 41.0 Å². The minimum Gasteiger partial charge on any atom is -0.444 e. The van der Waals surface area contributed by atoms with Gasteiger partial charge in [0.15, 0.2) is 0 Å². The summed E-state index contributed by atoms with van der Waals surface area (Å²) in [5.41, 5.74) is -0.460. The van der Waals surface area contributed by atoms with Gasteiger partial charge in [-0.25, -0.2) is 4.79 Å². The standard InChI is InChI=1S/C10H17NO3.CH4/c1-10(2,3)14-9(13)11-6-4-8(12)5-7-11;/h4-7H2,1-3H3;1H4. The van der Waals surface area contributed by atoms with Gasteiger partial charge >= 0.3 is 6.09 Å². The van der Waals surface area contributed by atoms with E-state index in [0.717, 1.165) is 0 Å². The molecule has 0 N–H and O–H groups in total. The summed E-state index contributed by atoms with van der Waals surface area (Å²) in [6.07, 6.45) is 0.600. The molecule has 0 atom stereocenters. The van der Waals surface area contributed by atoms with Gasteiger partial charge in [0.2, 0.25) is 0 Å². The van der Waals surface area contributed by atoms with Crippen LogP contribution < -0.4 is 0 Å². The van der Waals surface area contributed by atoms with Gasteiger partial charge in [-0.3, -0.25) is 4.79 Å². The normalized spacial score (nSPS) is 17.0. The average molecular weight is 215 g/mol. The Hall–Kier alpha value is -1.06. The molecule has 1 fully saturated rings. The van der Waals surface area contributed by atoms with Gasteiger partial charge in [0.1, 0.15) is 11.4 Å². The predicted octanol–water partition coefficient (Wildman–Crippen LogP) is 2.22. The molecule has 0 spiro atoms. The molecule has 1 rings (SSSR count). The quantitative estimate of drug-likeness (QED) is 0.622. The number of carbonyl (C=O) groups excluding carboxylic acids is 2. The molecule has 0 aliphatic carbocycles. The molecule has 1 saturated heterocycles. The van der Waals surface area contributed by atoms with Gasteiger partial charge in [0, 0.05) is 25.9 Å². The van der Waals surface area contributed by atoms with Gasteiger partial charge in [0.25, 0.3) is 0 Å². The lowest BCUT2D eigenvalue weighted by Crippen LogP contribution is -2.41. The number of ketones is 1. The number of amides is 1. The summed E-state index contributed by atoms with van der Waals surface area (Å²) < 4.78 is 5.19. The first-order valence-corrected chi connectivity index (χ1v) is 4.88. The number of Topliss-reactive ketones (excluding diaryl/α,β-unsaturated/α-hetero) is 1. The van der Waals surface area contributed by atoms with Crippen molar-refractivity contribution < 1.29 is 14.3 Å². The van der Waals surface area contributed by atoms with E-state index in [0.29, 0.717) is 25.9 Å². The van der Waals surface area contributed by atoms with E-state index in [-0.39, 0.29) is 19.3 Å². The molecule has 0 aromatic carbocycles. The van der Waals surface area contributed by atoms with E-state index >= 15 is 0 Å². The smallest absolute Gasteiger partial charge is 0.410 e. The summed E-state index contributed by atoms with van der Waals surface area (Å²) in [4.78, 5) is 24.0. The minimum absolute atomic E-state index is 0. The van der Waals surface area contributed by atoms with Crippen LogP contribution in [0.3, 0.4) is 0 Å². The molecule has 0 radical (unpaired) electrons. The lowest BCUT2D eigenvalue weighted by molar-refractivity contribution is -0.121. The molecule has 0 bridgehead atoms. The van der Waals surface area contributed by atoms with E-state index in [4.69, 9.17) is 4.74 Å². The fourth-order valence-corrected chi connectivity index (χ4v) is 1.27. The van der Waals surface area contributed by atoms with Gasteiger partial charge in [-0.2, -0.15) is 0 Å². The minimum atomic E-state index is -0.460. The van der Waals surface area contributed by atoms with Crippen LogP contribution in [-0.2, 0) is 9.53 Å². The van der Waals surface area contributed by atoms with E-state index in [9.17, 15) is 9.59 Å². The van der Waals surface area contributed by atoms with Gasteiger partial charge in [-0.1, -0.05) is 7.43 Å². The highest BCUT2D eigenvalue weighted by Gasteiger charge is 2.25. The second-order valence-electron chi connectivity index (χ2n) is 4.51. The van der Waals surface area contributed by atoms with Crippen molar-refractivity contribution in [2.24, 2.45) is 0 Å². The average Bonchev–Trinajstić information content (AvgIpc) is 2.02. The number of piperidine rings is 1. The molecule has 15 heavy (non-hydrogen) atoms. The van der Waals surface area contributed by atoms with Crippen LogP contribution in [0.5, 0.6) is 0 Å². The maximum Gasteiger partial charge on any atom is 0.410 e. The molecule has 0 unspecified atom stereocenters. The van der Waals surface area contributed by atoms with Crippen LogP contribution >= 0.6 is 0 Å². The van der Waals surface area contributed by atoms with E-state index in [2.05, 4.69) is 0 Å². The van der Waals surface area contributed by atoms with Gasteiger partial charge in [-0.15, -0.1) is 0 Å². The SMILES string of the molecule is C.CC(C)(C)OC(=O)N1CCC(=O)CC1. The molecule has 1 heterocycles. The maximum atomic E-state index is 11.5. The number of rotatable bonds is 0. The Labute approximate surface area is 91.6 Å². The zero-order valence-electron chi connectivity index (χ0n) is 9.00. The van der Waals surface area contributed by atoms with E-state index in [1.807, 2.05) is 20.8 Å². The van der Waals surface area contributed by atoms with Crippen molar-refractivity contribution in [3.8, 4) is 0 Å². The van der Waals surface area contributed by atoms with Crippen LogP contribution in [0.2, 0.25) is 0 Å². The highest BCUT2D eigenvalue weighted by atomic mass is 16.6. The monoisotopic (exact) mass is 215 g/mol. The van der Waals surface area contributed by atoms with Crippen molar-refractivity contribution in [1.29, 1.82) is 0 Å². The first-order chi connectivity index (χ1) is 6.38. The molecular formula is C11H21NO3. The summed E-state index contributed by atoms with van der Waals surface area (Å²) in [5.74, 6) is 0.227. The molecule has 88 valence electrons. The number of likely N-dealkylation sites (tertiary alicyclic amines) is 1. The van der Waals surface area contributed by atoms with Crippen molar-refractivity contribution >= 4 is 11.9 Å². The molecule has 4 nitrogen and oxygen atoms in total. The van der Waals surface area contributed by atoms with Crippen LogP contribution in [0.4, 0.5) is 4.79 Å². The van der Waals surface area contributed by atoms with Crippen LogP contribution in [0.15, 0.2) is 0 Å². The third kappa shape index (κ3) is 4.81. The van der Waals surface area contributed by atoms with Crippen LogP contribution in [0, 0.1) is 0 Å². The van der Waals surface area contributed by atoms with Crippen LogP contribution in [0.25, 0.3) is 0 Å². The first kappa shape index (κ1) is 13.9. The van der Waals surface area contributed by atoms with Crippen molar-refractivity contribution in [2.75, 3.05) is 13.1 Å². The molecule has 0 aromatic rings. The highest BCUT2D eigenvalue weighted by Crippen LogP contribution is 2.13. The number of nitrogens with zero attached hydrogens (tertiary/aromatic N) is 1. The fourth-order valence-electron chi connectivity index (χ4n) is 1.27. The fraction of sp³-hybridized carbons (Fsp3) is 0.818. The summed E-state index contributed by atoms with van der Waals surface area (Å²) in [5, 5.41) is 0. The Balaban J connectivity index is 0.00000196. The Morgan fingerprint density at radius 2 is 1.73 bits per heavy atom. The lowest BCUT2D eigenvalue weighted by atomic mass is 10.1. The summed E-state index contributed by atoms with van der Waals surface area (Å²) in [6, 6.07) is 0. The zero-order valence-corrected chi connectivity index (χ0v) is 9.00. The van der Waals surface area contributed by atoms with Crippen molar-refractivity contribution in [3.63, 3.8) is 0 Å². The van der Waals surface area contributed by atoms with Gasteiger partial charge in [-0.05, 0) is 20.8 Å². The summed E-state index contributed by atoms with van der Waals surface area (Å²) in [7, 11) is 0. The number of hydrogen-bond acceptors (Lipinski definition) is 3. The number of ether oxygens (including phenoxy) is 1. The largest absolute Gasteiger partial charge is 0.444 e. The predicted molar refractivity (Wildman–Crippen MR) is 58.8 cm³/mol. The van der Waals surface area contributed by atoms with Crippen molar-refractivity contribution in [1.82, 2.24) is 4.90 Å². The summed E-state index contributed by atoms with van der Waals surface area (Å²) >= 11 is 0. The second kappa shape index (κ2) is 5.14. The molecule has 4 heteroatoms. The van der Waals surface area contributed by atoms with E-state index < -0.39 is 5.60 Å². The molecule has 1 amide bonds. The Morgan fingerprint density at radius 1 is 1.27 bits per heavy atom.